The highest BCUT2D eigenvalue weighted by Crippen LogP contribution is 2.65. The lowest BCUT2D eigenvalue weighted by atomic mass is 9.85. The average molecular weight is 504 g/mol. The molecule has 3 fully saturated rings. The molecule has 1 saturated carbocycles. The van der Waals surface area contributed by atoms with Gasteiger partial charge in [0, 0.05) is 19.0 Å². The summed E-state index contributed by atoms with van der Waals surface area (Å²) in [5.74, 6) is -1.05. The summed E-state index contributed by atoms with van der Waals surface area (Å²) in [5.41, 5.74) is -1.47. The van der Waals surface area contributed by atoms with Crippen molar-refractivity contribution in [2.24, 2.45) is 28.6 Å². The zero-order valence-corrected chi connectivity index (χ0v) is 22.7. The Kier molecular flexibility index (Phi) is 7.37. The van der Waals surface area contributed by atoms with E-state index in [1.807, 2.05) is 20.8 Å². The third-order valence-corrected chi connectivity index (χ3v) is 7.69. The second-order valence-corrected chi connectivity index (χ2v) is 13.0. The fourth-order valence-electron chi connectivity index (χ4n) is 5.61. The van der Waals surface area contributed by atoms with Crippen molar-refractivity contribution in [1.29, 1.82) is 5.26 Å². The van der Waals surface area contributed by atoms with E-state index >= 15 is 0 Å². The summed E-state index contributed by atoms with van der Waals surface area (Å²) in [6, 6.07) is -0.387. The number of nitriles is 1. The van der Waals surface area contributed by atoms with Crippen LogP contribution in [0.5, 0.6) is 0 Å². The lowest BCUT2D eigenvalue weighted by Crippen LogP contribution is -2.60. The van der Waals surface area contributed by atoms with Gasteiger partial charge in [-0.3, -0.25) is 14.4 Å². The number of rotatable bonds is 6. The minimum absolute atomic E-state index is 0.0438. The summed E-state index contributed by atoms with van der Waals surface area (Å²) in [6.07, 6.45) is 0.167. The number of alkyl carbamates (subject to hydrolysis) is 1. The number of hydrogen-bond acceptors (Lipinski definition) is 6. The highest BCUT2D eigenvalue weighted by Gasteiger charge is 2.69. The maximum atomic E-state index is 13.8. The second-order valence-electron chi connectivity index (χ2n) is 13.0. The Morgan fingerprint density at radius 3 is 2.33 bits per heavy atom. The number of nitrogens with zero attached hydrogens (tertiary/aromatic N) is 2. The summed E-state index contributed by atoms with van der Waals surface area (Å²) < 4.78 is 5.38. The number of nitrogens with one attached hydrogen (secondary N) is 3. The third kappa shape index (κ3) is 5.76. The van der Waals surface area contributed by atoms with Crippen molar-refractivity contribution in [2.45, 2.75) is 92.0 Å². The fourth-order valence-corrected chi connectivity index (χ4v) is 5.61. The second kappa shape index (κ2) is 9.56. The molecule has 3 N–H and O–H groups in total. The highest BCUT2D eigenvalue weighted by atomic mass is 16.6. The molecule has 0 aromatic carbocycles. The Balaban J connectivity index is 1.79. The van der Waals surface area contributed by atoms with E-state index in [1.165, 1.54) is 0 Å². The van der Waals surface area contributed by atoms with Gasteiger partial charge in [0.2, 0.25) is 17.7 Å². The molecule has 6 atom stereocenters. The Bertz CT molecular complexity index is 957. The average Bonchev–Trinajstić information content (AvgIpc) is 3.08. The molecular weight excluding hydrogens is 462 g/mol. The molecule has 10 nitrogen and oxygen atoms in total. The van der Waals surface area contributed by atoms with Crippen LogP contribution in [0.2, 0.25) is 0 Å². The number of carbonyl (C=O) groups excluding carboxylic acids is 4. The van der Waals surface area contributed by atoms with Gasteiger partial charge in [-0.15, -0.1) is 0 Å². The van der Waals surface area contributed by atoms with Gasteiger partial charge in [-0.25, -0.2) is 4.79 Å². The smallest absolute Gasteiger partial charge is 0.408 e. The zero-order chi connectivity index (χ0) is 27.2. The van der Waals surface area contributed by atoms with Crippen molar-refractivity contribution in [3.63, 3.8) is 0 Å². The molecule has 0 unspecified atom stereocenters. The number of hydrogen-bond donors (Lipinski definition) is 3. The van der Waals surface area contributed by atoms with Crippen molar-refractivity contribution in [3.05, 3.63) is 0 Å². The lowest BCUT2D eigenvalue weighted by molar-refractivity contribution is -0.144. The zero-order valence-electron chi connectivity index (χ0n) is 22.7. The number of ether oxygens (including phenoxy) is 1. The summed E-state index contributed by atoms with van der Waals surface area (Å²) in [4.78, 5) is 53.4. The minimum atomic E-state index is -0.905. The molecule has 0 aromatic rings. The van der Waals surface area contributed by atoms with E-state index in [0.717, 1.165) is 0 Å². The Morgan fingerprint density at radius 2 is 1.83 bits per heavy atom. The topological polar surface area (TPSA) is 141 Å². The van der Waals surface area contributed by atoms with Crippen LogP contribution in [0.15, 0.2) is 0 Å². The normalized spacial score (nSPS) is 28.3. The van der Waals surface area contributed by atoms with E-state index in [-0.39, 0.29) is 41.4 Å². The molecule has 0 aromatic heterocycles. The SMILES string of the molecule is CC(C)(C)OC(=O)N[C@H](C(=O)N1C[C@H]2[C@@H]([C@H]1C(=O)N[C@H](C#N)C[C@@H]1CCNC1=O)C2(C)C)C(C)(C)C. The first-order valence-electron chi connectivity index (χ1n) is 12.7. The van der Waals surface area contributed by atoms with E-state index in [2.05, 4.69) is 35.9 Å². The van der Waals surface area contributed by atoms with E-state index < -0.39 is 41.1 Å². The van der Waals surface area contributed by atoms with E-state index in [0.29, 0.717) is 19.5 Å². The van der Waals surface area contributed by atoms with Gasteiger partial charge in [0.15, 0.2) is 0 Å². The predicted molar refractivity (Wildman–Crippen MR) is 132 cm³/mol. The first-order chi connectivity index (χ1) is 16.5. The highest BCUT2D eigenvalue weighted by molar-refractivity contribution is 5.93. The molecule has 3 rings (SSSR count). The Labute approximate surface area is 213 Å². The molecule has 10 heteroatoms. The third-order valence-electron chi connectivity index (χ3n) is 7.69. The van der Waals surface area contributed by atoms with Crippen LogP contribution in [0.3, 0.4) is 0 Å². The van der Waals surface area contributed by atoms with Gasteiger partial charge >= 0.3 is 6.09 Å². The fraction of sp³-hybridized carbons (Fsp3) is 0.808. The molecule has 0 radical (unpaired) electrons. The number of carbonyl (C=O) groups is 4. The summed E-state index contributed by atoms with van der Waals surface area (Å²) >= 11 is 0. The molecule has 0 spiro atoms. The van der Waals surface area contributed by atoms with Gasteiger partial charge in [0.05, 0.1) is 6.07 Å². The molecule has 2 heterocycles. The molecule has 4 amide bonds. The van der Waals surface area contributed by atoms with E-state index in [4.69, 9.17) is 4.74 Å². The van der Waals surface area contributed by atoms with Crippen LogP contribution in [-0.4, -0.2) is 65.5 Å². The first-order valence-corrected chi connectivity index (χ1v) is 12.7. The summed E-state index contributed by atoms with van der Waals surface area (Å²) in [6.45, 7) is 15.9. The monoisotopic (exact) mass is 503 g/mol. The molecular formula is C26H41N5O5. The summed E-state index contributed by atoms with van der Waals surface area (Å²) in [5, 5.41) is 17.9. The summed E-state index contributed by atoms with van der Waals surface area (Å²) in [7, 11) is 0. The first kappa shape index (κ1) is 27.8. The van der Waals surface area contributed by atoms with Crippen LogP contribution >= 0.6 is 0 Å². The molecule has 1 aliphatic carbocycles. The van der Waals surface area contributed by atoms with E-state index in [9.17, 15) is 24.4 Å². The van der Waals surface area contributed by atoms with Crippen LogP contribution in [0.1, 0.15) is 68.2 Å². The standard InChI is InChI=1S/C26H41N5O5/c1-24(2,3)19(30-23(35)36-25(4,5)6)22(34)31-13-16-17(26(16,7)8)18(31)21(33)29-15(12-27)11-14-9-10-28-20(14)32/h14-19H,9-11,13H2,1-8H3,(H,28,32)(H,29,33)(H,30,35)/t14-,15-,16-,17-,18-,19+/m0/s1. The Morgan fingerprint density at radius 1 is 1.19 bits per heavy atom. The van der Waals surface area contributed by atoms with Gasteiger partial charge in [-0.1, -0.05) is 34.6 Å². The number of piperidine rings is 1. The number of likely N-dealkylation sites (tertiary alicyclic amines) is 1. The number of fused-ring (bicyclic) bond motifs is 1. The van der Waals surface area contributed by atoms with Crippen LogP contribution in [-0.2, 0) is 19.1 Å². The molecule has 2 saturated heterocycles. The van der Waals surface area contributed by atoms with Crippen LogP contribution in [0.4, 0.5) is 4.79 Å². The molecule has 0 bridgehead atoms. The molecule has 36 heavy (non-hydrogen) atoms. The molecule has 200 valence electrons. The van der Waals surface area contributed by atoms with Crippen molar-refractivity contribution in [1.82, 2.24) is 20.9 Å². The van der Waals surface area contributed by atoms with Crippen molar-refractivity contribution < 1.29 is 23.9 Å². The quantitative estimate of drug-likeness (QED) is 0.506. The van der Waals surface area contributed by atoms with Crippen molar-refractivity contribution >= 4 is 23.8 Å². The van der Waals surface area contributed by atoms with E-state index in [1.54, 1.807) is 25.7 Å². The lowest BCUT2D eigenvalue weighted by Gasteiger charge is -2.38. The predicted octanol–water partition coefficient (Wildman–Crippen LogP) is 1.94. The van der Waals surface area contributed by atoms with Gasteiger partial charge in [-0.2, -0.15) is 5.26 Å². The van der Waals surface area contributed by atoms with Gasteiger partial charge in [0.1, 0.15) is 23.7 Å². The van der Waals surface area contributed by atoms with Gasteiger partial charge in [0.25, 0.3) is 0 Å². The minimum Gasteiger partial charge on any atom is -0.444 e. The van der Waals surface area contributed by atoms with Crippen molar-refractivity contribution in [2.75, 3.05) is 13.1 Å². The van der Waals surface area contributed by atoms with Crippen LogP contribution in [0.25, 0.3) is 0 Å². The van der Waals surface area contributed by atoms with Crippen LogP contribution < -0.4 is 16.0 Å². The number of amides is 4. The van der Waals surface area contributed by atoms with Crippen molar-refractivity contribution in [3.8, 4) is 6.07 Å². The molecule has 2 aliphatic heterocycles. The van der Waals surface area contributed by atoms with Crippen LogP contribution in [0, 0.1) is 39.9 Å². The maximum Gasteiger partial charge on any atom is 0.408 e. The molecule has 3 aliphatic rings. The largest absolute Gasteiger partial charge is 0.444 e. The maximum absolute atomic E-state index is 13.8. The van der Waals surface area contributed by atoms with Gasteiger partial charge < -0.3 is 25.6 Å². The Hall–Kier alpha value is -2.83. The van der Waals surface area contributed by atoms with Gasteiger partial charge in [-0.05, 0) is 56.3 Å².